The molecular weight excluding hydrogens is 710 g/mol. The van der Waals surface area contributed by atoms with Gasteiger partial charge in [0.1, 0.15) is 28.3 Å². The van der Waals surface area contributed by atoms with Crippen LogP contribution in [0.5, 0.6) is 11.8 Å². The summed E-state index contributed by atoms with van der Waals surface area (Å²) in [5, 5.41) is 41.2. The quantitative estimate of drug-likeness (QED) is 0.127. The number of pyridine rings is 2. The third-order valence-corrected chi connectivity index (χ3v) is 10.7. The zero-order valence-corrected chi connectivity index (χ0v) is 31.8. The molecule has 4 aliphatic rings. The van der Waals surface area contributed by atoms with Crippen molar-refractivity contribution in [3.8, 4) is 23.0 Å². The van der Waals surface area contributed by atoms with Crippen molar-refractivity contribution in [3.63, 3.8) is 0 Å². The molecular formula is C37H47N11O7. The number of anilines is 2. The van der Waals surface area contributed by atoms with Crippen LogP contribution in [0, 0.1) is 10.1 Å². The lowest BCUT2D eigenvalue weighted by Gasteiger charge is -2.42. The number of piperazine rings is 2. The summed E-state index contributed by atoms with van der Waals surface area (Å²) in [4.78, 5) is 48.2. The number of amides is 1. The van der Waals surface area contributed by atoms with E-state index in [9.17, 15) is 25.1 Å². The molecule has 1 unspecified atom stereocenters. The van der Waals surface area contributed by atoms with E-state index < -0.39 is 27.9 Å². The largest absolute Gasteiger partial charge is 0.471 e. The third kappa shape index (κ3) is 6.98. The molecule has 0 bridgehead atoms. The lowest BCUT2D eigenvalue weighted by molar-refractivity contribution is -0.384. The third-order valence-electron chi connectivity index (χ3n) is 10.7. The number of β-amino-alcohol motifs (C(OH)–C–C–N with tert-alkyl or cyclic N) is 1. The Balaban J connectivity index is 1.07. The summed E-state index contributed by atoms with van der Waals surface area (Å²) in [5.41, 5.74) is 2.05. The molecule has 0 radical (unpaired) electrons. The summed E-state index contributed by atoms with van der Waals surface area (Å²) in [5.74, 6) is -0.603. The number of hydrogen-bond donors (Lipinski definition) is 3. The van der Waals surface area contributed by atoms with Gasteiger partial charge >= 0.3 is 5.69 Å². The summed E-state index contributed by atoms with van der Waals surface area (Å²) in [7, 11) is 0. The van der Waals surface area contributed by atoms with Crippen molar-refractivity contribution in [1.29, 1.82) is 0 Å². The van der Waals surface area contributed by atoms with E-state index in [0.29, 0.717) is 85.6 Å². The average molecular weight is 758 g/mol. The Morgan fingerprint density at radius 1 is 0.945 bits per heavy atom. The van der Waals surface area contributed by atoms with E-state index in [0.717, 1.165) is 18.7 Å². The van der Waals surface area contributed by atoms with Gasteiger partial charge in [0.15, 0.2) is 11.5 Å². The Morgan fingerprint density at radius 3 is 2.18 bits per heavy atom. The number of aliphatic hydroxyl groups is 2. The minimum Gasteiger partial charge on any atom is -0.471 e. The molecule has 2 fully saturated rings. The van der Waals surface area contributed by atoms with Crippen molar-refractivity contribution < 1.29 is 29.4 Å². The number of aliphatic hydroxyl groups excluding tert-OH is 1. The fourth-order valence-electron chi connectivity index (χ4n) is 8.09. The van der Waals surface area contributed by atoms with E-state index in [1.807, 2.05) is 38.7 Å². The molecule has 8 heterocycles. The first kappa shape index (κ1) is 36.8. The minimum absolute atomic E-state index is 0.0832. The number of fused-ring (bicyclic) bond motifs is 3. The van der Waals surface area contributed by atoms with Crippen molar-refractivity contribution in [3.05, 3.63) is 57.4 Å². The molecule has 2 saturated heterocycles. The molecule has 1 amide bonds. The number of carbonyl (C=O) groups is 1. The predicted molar refractivity (Wildman–Crippen MR) is 202 cm³/mol. The number of hydrogen-bond acceptors (Lipinski definition) is 15. The molecule has 0 aliphatic carbocycles. The van der Waals surface area contributed by atoms with Crippen LogP contribution in [-0.2, 0) is 12.8 Å². The van der Waals surface area contributed by atoms with Gasteiger partial charge in [0, 0.05) is 107 Å². The molecule has 18 heteroatoms. The summed E-state index contributed by atoms with van der Waals surface area (Å²) in [6.45, 7) is 13.9. The second kappa shape index (κ2) is 13.5. The number of nitrogens with zero attached hydrogens (tertiary/aromatic N) is 10. The van der Waals surface area contributed by atoms with Crippen LogP contribution in [0.2, 0.25) is 0 Å². The molecule has 18 nitrogen and oxygen atoms in total. The van der Waals surface area contributed by atoms with Crippen LogP contribution in [0.1, 0.15) is 56.1 Å². The van der Waals surface area contributed by atoms with Crippen molar-refractivity contribution in [1.82, 2.24) is 39.7 Å². The van der Waals surface area contributed by atoms with Gasteiger partial charge in [0.2, 0.25) is 17.6 Å². The highest BCUT2D eigenvalue weighted by Crippen LogP contribution is 2.42. The van der Waals surface area contributed by atoms with E-state index in [-0.39, 0.29) is 36.8 Å². The van der Waals surface area contributed by atoms with Crippen molar-refractivity contribution in [2.24, 2.45) is 0 Å². The van der Waals surface area contributed by atoms with Crippen LogP contribution in [0.4, 0.5) is 17.3 Å². The highest BCUT2D eigenvalue weighted by atomic mass is 16.6. The maximum atomic E-state index is 14.5. The number of rotatable bonds is 9. The zero-order chi connectivity index (χ0) is 38.9. The lowest BCUT2D eigenvalue weighted by Crippen LogP contribution is -2.63. The topological polar surface area (TPSA) is 200 Å². The van der Waals surface area contributed by atoms with Crippen LogP contribution in [0.25, 0.3) is 16.9 Å². The fourth-order valence-corrected chi connectivity index (χ4v) is 8.09. The molecule has 4 aromatic heterocycles. The van der Waals surface area contributed by atoms with E-state index >= 15 is 0 Å². The number of nitrogens with one attached hydrogen (secondary N) is 1. The summed E-state index contributed by atoms with van der Waals surface area (Å²) in [6.07, 6.45) is 4.45. The average Bonchev–Trinajstić information content (AvgIpc) is 3.78. The zero-order valence-electron chi connectivity index (χ0n) is 31.8. The van der Waals surface area contributed by atoms with Crippen LogP contribution in [-0.4, -0.2) is 138 Å². The summed E-state index contributed by atoms with van der Waals surface area (Å²) < 4.78 is 13.8. The van der Waals surface area contributed by atoms with Gasteiger partial charge in [-0.3, -0.25) is 24.7 Å². The van der Waals surface area contributed by atoms with Gasteiger partial charge in [-0.05, 0) is 46.8 Å². The Morgan fingerprint density at radius 2 is 1.55 bits per heavy atom. The fraction of sp³-hybridized carbons (Fsp3) is 0.541. The first-order valence-corrected chi connectivity index (χ1v) is 18.7. The first-order valence-electron chi connectivity index (χ1n) is 18.7. The van der Waals surface area contributed by atoms with E-state index in [1.54, 1.807) is 33.9 Å². The number of ether oxygens (including phenoxy) is 2. The second-order valence-electron chi connectivity index (χ2n) is 16.1. The van der Waals surface area contributed by atoms with Crippen LogP contribution < -0.4 is 24.6 Å². The molecule has 55 heavy (non-hydrogen) atoms. The molecule has 4 aromatic rings. The van der Waals surface area contributed by atoms with Gasteiger partial charge in [-0.2, -0.15) is 15.1 Å². The molecule has 4 aliphatic heterocycles. The van der Waals surface area contributed by atoms with Gasteiger partial charge in [-0.25, -0.2) is 9.50 Å². The molecule has 1 atom stereocenters. The number of aromatic nitrogens is 5. The maximum Gasteiger partial charge on any atom is 0.312 e. The summed E-state index contributed by atoms with van der Waals surface area (Å²) in [6, 6.07) is 5.28. The Hall–Kier alpha value is -5.17. The Labute approximate surface area is 317 Å². The molecule has 0 aromatic carbocycles. The second-order valence-corrected chi connectivity index (χ2v) is 16.1. The number of nitro groups is 1. The maximum absolute atomic E-state index is 14.5. The summed E-state index contributed by atoms with van der Waals surface area (Å²) >= 11 is 0. The van der Waals surface area contributed by atoms with Crippen molar-refractivity contribution in [2.75, 3.05) is 75.3 Å². The molecule has 292 valence electrons. The Bertz CT molecular complexity index is 2150. The smallest absolute Gasteiger partial charge is 0.312 e. The lowest BCUT2D eigenvalue weighted by atomic mass is 9.99. The highest BCUT2D eigenvalue weighted by Gasteiger charge is 2.40. The normalized spacial score (nSPS) is 20.4. The van der Waals surface area contributed by atoms with Gasteiger partial charge in [-0.15, -0.1) is 0 Å². The Kier molecular flexibility index (Phi) is 9.06. The highest BCUT2D eigenvalue weighted by molar-refractivity contribution is 6.06. The van der Waals surface area contributed by atoms with E-state index in [1.165, 1.54) is 6.92 Å². The molecule has 0 spiro atoms. The van der Waals surface area contributed by atoms with Gasteiger partial charge in [-0.1, -0.05) is 0 Å². The SMILES string of the molecule is CC1(C)Cc2cc(-c3nn4cccnc4c3C(=O)NC(C)(O)N3CCN(c4nc5c(cc4[N+](=O)[O-])CC(C)(C)O5)CC3)c(N3CCN(CCO)CC3)nc2O1. The predicted octanol–water partition coefficient (Wildman–Crippen LogP) is 1.85. The minimum atomic E-state index is -1.81. The first-order chi connectivity index (χ1) is 26.1. The van der Waals surface area contributed by atoms with Crippen LogP contribution >= 0.6 is 0 Å². The molecule has 0 saturated carbocycles. The van der Waals surface area contributed by atoms with Gasteiger partial charge < -0.3 is 34.8 Å². The van der Waals surface area contributed by atoms with Crippen LogP contribution in [0.15, 0.2) is 30.6 Å². The van der Waals surface area contributed by atoms with Gasteiger partial charge in [0.05, 0.1) is 11.5 Å². The van der Waals surface area contributed by atoms with E-state index in [2.05, 4.69) is 25.1 Å². The van der Waals surface area contributed by atoms with Crippen molar-refractivity contribution >= 4 is 28.9 Å². The molecule has 8 rings (SSSR count). The van der Waals surface area contributed by atoms with E-state index in [4.69, 9.17) is 19.6 Å². The number of carbonyl (C=O) groups excluding carboxylic acids is 1. The standard InChI is InChI=1S/C37H47N11O7/c1-35(2)21-23-19-25(29(39-33(23)54-35)44-11-9-43(10-12-44)17-18-49)28-27(31-38-7-6-8-47(31)42-28)32(50)41-37(5,51)46-15-13-45(14-16-46)30-26(48(52)53)20-24-22-36(3,4)55-34(24)40-30/h6-8,19-20,49,51H,9-18,21-22H2,1-5H3,(H,41,50). The van der Waals surface area contributed by atoms with Crippen LogP contribution in [0.3, 0.4) is 0 Å². The van der Waals surface area contributed by atoms with Gasteiger partial charge in [0.25, 0.3) is 5.91 Å². The van der Waals surface area contributed by atoms with Crippen molar-refractivity contribution in [2.45, 2.75) is 64.5 Å². The monoisotopic (exact) mass is 757 g/mol. The molecule has 3 N–H and O–H groups in total.